The molecule has 0 saturated heterocycles. The molecule has 0 unspecified atom stereocenters. The van der Waals surface area contributed by atoms with E-state index in [0.29, 0.717) is 5.56 Å². The standard InChI is InChI=1S/C20H20O7/c1-20(2)19(26)17(25)13-7-10(8-16(24)18(13)27-20)3-6-14(22)12-5-4-11(21)9-15(12)23/h3-9,17,19,21,23-26H,1-2H3/b6-3+/t17-,19-/m0/s1. The van der Waals surface area contributed by atoms with Gasteiger partial charge in [0.1, 0.15) is 29.3 Å². The summed E-state index contributed by atoms with van der Waals surface area (Å²) in [5, 5.41) is 49.8. The number of aliphatic hydroxyl groups is 2. The van der Waals surface area contributed by atoms with Crippen LogP contribution in [0.4, 0.5) is 0 Å². The lowest BCUT2D eigenvalue weighted by molar-refractivity contribution is -0.112. The first kappa shape index (κ1) is 18.8. The molecule has 0 saturated carbocycles. The van der Waals surface area contributed by atoms with Gasteiger partial charge in [-0.3, -0.25) is 4.79 Å². The number of fused-ring (bicyclic) bond motifs is 1. The number of aromatic hydroxyl groups is 3. The van der Waals surface area contributed by atoms with Crippen molar-refractivity contribution in [3.63, 3.8) is 0 Å². The van der Waals surface area contributed by atoms with Gasteiger partial charge in [0, 0.05) is 11.6 Å². The third-order valence-corrected chi connectivity index (χ3v) is 4.49. The lowest BCUT2D eigenvalue weighted by Crippen LogP contribution is -2.48. The van der Waals surface area contributed by atoms with Crippen LogP contribution in [0.15, 0.2) is 36.4 Å². The van der Waals surface area contributed by atoms with Crippen LogP contribution in [-0.4, -0.2) is 43.0 Å². The van der Waals surface area contributed by atoms with Crippen molar-refractivity contribution in [2.75, 3.05) is 0 Å². The van der Waals surface area contributed by atoms with E-state index in [4.69, 9.17) is 4.74 Å². The van der Waals surface area contributed by atoms with Gasteiger partial charge in [-0.05, 0) is 49.8 Å². The van der Waals surface area contributed by atoms with Crippen LogP contribution in [0.3, 0.4) is 0 Å². The first-order valence-corrected chi connectivity index (χ1v) is 8.26. The van der Waals surface area contributed by atoms with Gasteiger partial charge in [-0.1, -0.05) is 6.08 Å². The van der Waals surface area contributed by atoms with E-state index < -0.39 is 23.6 Å². The summed E-state index contributed by atoms with van der Waals surface area (Å²) in [6, 6.07) is 6.49. The fourth-order valence-corrected chi connectivity index (χ4v) is 2.95. The van der Waals surface area contributed by atoms with E-state index in [1.54, 1.807) is 13.8 Å². The van der Waals surface area contributed by atoms with Crippen molar-refractivity contribution in [2.45, 2.75) is 31.7 Å². The van der Waals surface area contributed by atoms with Gasteiger partial charge in [-0.15, -0.1) is 0 Å². The summed E-state index contributed by atoms with van der Waals surface area (Å²) in [6.07, 6.45) is 0.121. The maximum Gasteiger partial charge on any atom is 0.189 e. The minimum Gasteiger partial charge on any atom is -0.508 e. The minimum absolute atomic E-state index is 0.00627. The number of allylic oxidation sites excluding steroid dienone is 1. The van der Waals surface area contributed by atoms with Crippen molar-refractivity contribution in [1.82, 2.24) is 0 Å². The van der Waals surface area contributed by atoms with E-state index in [2.05, 4.69) is 0 Å². The molecular formula is C20H20O7. The summed E-state index contributed by atoms with van der Waals surface area (Å²) in [7, 11) is 0. The molecule has 0 aromatic heterocycles. The molecule has 0 amide bonds. The van der Waals surface area contributed by atoms with Crippen molar-refractivity contribution in [2.24, 2.45) is 0 Å². The summed E-state index contributed by atoms with van der Waals surface area (Å²) in [6.45, 7) is 3.19. The third kappa shape index (κ3) is 3.47. The fourth-order valence-electron chi connectivity index (χ4n) is 2.95. The number of hydrogen-bond acceptors (Lipinski definition) is 7. The van der Waals surface area contributed by atoms with Crippen molar-refractivity contribution < 1.29 is 35.1 Å². The topological polar surface area (TPSA) is 127 Å². The Labute approximate surface area is 155 Å². The number of rotatable bonds is 3. The van der Waals surface area contributed by atoms with Crippen molar-refractivity contribution in [3.8, 4) is 23.0 Å². The van der Waals surface area contributed by atoms with Crippen LogP contribution in [0, 0.1) is 0 Å². The molecule has 27 heavy (non-hydrogen) atoms. The number of phenols is 3. The monoisotopic (exact) mass is 372 g/mol. The van der Waals surface area contributed by atoms with Gasteiger partial charge < -0.3 is 30.3 Å². The number of ketones is 1. The average molecular weight is 372 g/mol. The molecule has 2 aromatic carbocycles. The highest BCUT2D eigenvalue weighted by Crippen LogP contribution is 2.45. The van der Waals surface area contributed by atoms with E-state index in [0.717, 1.165) is 6.07 Å². The van der Waals surface area contributed by atoms with E-state index in [1.807, 2.05) is 0 Å². The number of aliphatic hydroxyl groups excluding tert-OH is 2. The van der Waals surface area contributed by atoms with Crippen LogP contribution in [0.5, 0.6) is 23.0 Å². The summed E-state index contributed by atoms with van der Waals surface area (Å²) in [5.74, 6) is -1.18. The number of ether oxygens (including phenoxy) is 1. The van der Waals surface area contributed by atoms with E-state index in [-0.39, 0.29) is 34.1 Å². The Kier molecular flexibility index (Phi) is 4.59. The summed E-state index contributed by atoms with van der Waals surface area (Å²) >= 11 is 0. The second-order valence-corrected chi connectivity index (χ2v) is 6.95. The normalized spacial score (nSPS) is 20.9. The Hall–Kier alpha value is -3.03. The minimum atomic E-state index is -1.26. The van der Waals surface area contributed by atoms with Crippen molar-refractivity contribution >= 4 is 11.9 Å². The highest BCUT2D eigenvalue weighted by molar-refractivity contribution is 6.08. The van der Waals surface area contributed by atoms with Crippen LogP contribution in [0.1, 0.15) is 41.4 Å². The quantitative estimate of drug-likeness (QED) is 0.413. The van der Waals surface area contributed by atoms with Gasteiger partial charge in [-0.2, -0.15) is 0 Å². The molecule has 1 heterocycles. The van der Waals surface area contributed by atoms with Gasteiger partial charge in [-0.25, -0.2) is 0 Å². The lowest BCUT2D eigenvalue weighted by atomic mass is 9.87. The smallest absolute Gasteiger partial charge is 0.189 e. The van der Waals surface area contributed by atoms with Crippen LogP contribution in [0.2, 0.25) is 0 Å². The average Bonchev–Trinajstić information content (AvgIpc) is 2.59. The van der Waals surface area contributed by atoms with Crippen LogP contribution in [0.25, 0.3) is 6.08 Å². The molecular weight excluding hydrogens is 352 g/mol. The zero-order valence-electron chi connectivity index (χ0n) is 14.7. The number of benzene rings is 2. The second-order valence-electron chi connectivity index (χ2n) is 6.95. The highest BCUT2D eigenvalue weighted by Gasteiger charge is 2.43. The Morgan fingerprint density at radius 3 is 2.44 bits per heavy atom. The zero-order chi connectivity index (χ0) is 19.9. The van der Waals surface area contributed by atoms with E-state index in [9.17, 15) is 30.3 Å². The molecule has 1 aliphatic rings. The molecule has 7 nitrogen and oxygen atoms in total. The molecule has 0 radical (unpaired) electrons. The molecule has 0 fully saturated rings. The Morgan fingerprint density at radius 1 is 1.07 bits per heavy atom. The zero-order valence-corrected chi connectivity index (χ0v) is 14.7. The largest absolute Gasteiger partial charge is 0.508 e. The van der Waals surface area contributed by atoms with Crippen LogP contribution < -0.4 is 4.74 Å². The lowest BCUT2D eigenvalue weighted by Gasteiger charge is -2.40. The number of carbonyl (C=O) groups is 1. The SMILES string of the molecule is CC1(C)Oc2c(O)cc(/C=C/C(=O)c3ccc(O)cc3O)cc2[C@H](O)[C@@H]1O. The van der Waals surface area contributed by atoms with E-state index in [1.165, 1.54) is 36.4 Å². The molecule has 0 aliphatic carbocycles. The Bertz CT molecular complexity index is 930. The molecule has 3 rings (SSSR count). The first-order valence-electron chi connectivity index (χ1n) is 8.26. The predicted molar refractivity (Wildman–Crippen MR) is 96.9 cm³/mol. The molecule has 2 aromatic rings. The third-order valence-electron chi connectivity index (χ3n) is 4.49. The molecule has 142 valence electrons. The molecule has 7 heteroatoms. The fraction of sp³-hybridized carbons (Fsp3) is 0.250. The van der Waals surface area contributed by atoms with E-state index >= 15 is 0 Å². The van der Waals surface area contributed by atoms with Gasteiger partial charge in [0.25, 0.3) is 0 Å². The predicted octanol–water partition coefficient (Wildman–Crippen LogP) is 2.26. The molecule has 1 aliphatic heterocycles. The van der Waals surface area contributed by atoms with Gasteiger partial charge in [0.2, 0.25) is 0 Å². The Balaban J connectivity index is 1.92. The van der Waals surface area contributed by atoms with Crippen molar-refractivity contribution in [3.05, 3.63) is 53.1 Å². The number of carbonyl (C=O) groups excluding carboxylic acids is 1. The summed E-state index contributed by atoms with van der Waals surface area (Å²) < 4.78 is 5.60. The summed E-state index contributed by atoms with van der Waals surface area (Å²) in [4.78, 5) is 12.2. The molecule has 5 N–H and O–H groups in total. The maximum absolute atomic E-state index is 12.2. The molecule has 0 bridgehead atoms. The first-order chi connectivity index (χ1) is 12.6. The van der Waals surface area contributed by atoms with Gasteiger partial charge >= 0.3 is 0 Å². The highest BCUT2D eigenvalue weighted by atomic mass is 16.5. The molecule has 2 atom stereocenters. The van der Waals surface area contributed by atoms with Gasteiger partial charge in [0.05, 0.1) is 5.56 Å². The second kappa shape index (κ2) is 6.61. The van der Waals surface area contributed by atoms with Crippen LogP contribution >= 0.6 is 0 Å². The van der Waals surface area contributed by atoms with Gasteiger partial charge in [0.15, 0.2) is 17.3 Å². The Morgan fingerprint density at radius 2 is 1.78 bits per heavy atom. The van der Waals surface area contributed by atoms with Crippen LogP contribution in [-0.2, 0) is 0 Å². The maximum atomic E-state index is 12.2. The molecule has 0 spiro atoms. The van der Waals surface area contributed by atoms with Crippen molar-refractivity contribution in [1.29, 1.82) is 0 Å². The number of phenolic OH excluding ortho intramolecular Hbond substituents is 3. The summed E-state index contributed by atoms with van der Waals surface area (Å²) in [5.41, 5.74) is -0.464. The number of hydrogen-bond donors (Lipinski definition) is 5.